The van der Waals surface area contributed by atoms with Gasteiger partial charge in [-0.25, -0.2) is 14.8 Å². The molecule has 4 N–H and O–H groups in total. The largest absolute Gasteiger partial charge is 0.478 e. The third-order valence-corrected chi connectivity index (χ3v) is 6.59. The number of rotatable bonds is 10. The van der Waals surface area contributed by atoms with E-state index >= 15 is 0 Å². The number of nitrogens with one attached hydrogen (secondary N) is 1. The number of carboxylic acids is 1. The molecule has 0 saturated carbocycles. The molecule has 35 heavy (non-hydrogen) atoms. The van der Waals surface area contributed by atoms with Crippen molar-refractivity contribution in [1.82, 2.24) is 20.2 Å². The molecule has 0 aliphatic carbocycles. The third-order valence-electron chi connectivity index (χ3n) is 6.59. The van der Waals surface area contributed by atoms with Gasteiger partial charge in [0, 0.05) is 24.5 Å². The zero-order valence-corrected chi connectivity index (χ0v) is 21.6. The Labute approximate surface area is 209 Å². The standard InChI is InChI=1S/C23H30N4O3.C4H11N/c1-3-5-16(2)15-27-10-8-23(9-11-27,19-7-4-6-17(12-19)20(24)28)22-25-13-18(14-26-22)21(29)30;1-3-5-4-2/h4,6-7,12-14,16H,3,5,8-11,15H2,1-2H3,(H2,24,28)(H,29,30);5H,3-4H2,1-2H3. The molecule has 0 spiro atoms. The number of likely N-dealkylation sites (tertiary alicyclic amines) is 1. The van der Waals surface area contributed by atoms with E-state index in [0.29, 0.717) is 17.3 Å². The summed E-state index contributed by atoms with van der Waals surface area (Å²) in [6.07, 6.45) is 6.70. The van der Waals surface area contributed by atoms with Crippen molar-refractivity contribution < 1.29 is 14.7 Å². The van der Waals surface area contributed by atoms with Crippen molar-refractivity contribution in [3.05, 3.63) is 59.2 Å². The lowest BCUT2D eigenvalue weighted by Crippen LogP contribution is -2.45. The van der Waals surface area contributed by atoms with Gasteiger partial charge in [-0.3, -0.25) is 4.79 Å². The molecule has 1 aromatic heterocycles. The number of hydrogen-bond acceptors (Lipinski definition) is 6. The molecule has 1 atom stereocenters. The van der Waals surface area contributed by atoms with E-state index in [-0.39, 0.29) is 5.56 Å². The number of carbonyl (C=O) groups excluding carboxylic acids is 1. The zero-order chi connectivity index (χ0) is 25.8. The van der Waals surface area contributed by atoms with Crippen molar-refractivity contribution >= 4 is 11.9 Å². The zero-order valence-electron chi connectivity index (χ0n) is 21.6. The Balaban J connectivity index is 0.000000784. The van der Waals surface area contributed by atoms with Gasteiger partial charge in [0.05, 0.1) is 11.0 Å². The Morgan fingerprint density at radius 1 is 1.11 bits per heavy atom. The second kappa shape index (κ2) is 13.9. The molecule has 0 radical (unpaired) electrons. The fraction of sp³-hybridized carbons (Fsp3) is 0.556. The molecule has 1 saturated heterocycles. The van der Waals surface area contributed by atoms with Gasteiger partial charge in [-0.2, -0.15) is 0 Å². The summed E-state index contributed by atoms with van der Waals surface area (Å²) >= 11 is 0. The average molecular weight is 484 g/mol. The average Bonchev–Trinajstić information content (AvgIpc) is 2.86. The van der Waals surface area contributed by atoms with E-state index in [1.807, 2.05) is 18.2 Å². The second-order valence-electron chi connectivity index (χ2n) is 9.28. The Bertz CT molecular complexity index is 938. The molecule has 0 bridgehead atoms. The highest BCUT2D eigenvalue weighted by atomic mass is 16.4. The first-order chi connectivity index (χ1) is 16.8. The number of piperidine rings is 1. The minimum absolute atomic E-state index is 0.0608. The van der Waals surface area contributed by atoms with E-state index in [1.54, 1.807) is 6.07 Å². The normalized spacial score (nSPS) is 16.1. The van der Waals surface area contributed by atoms with Crippen LogP contribution >= 0.6 is 0 Å². The molecule has 1 unspecified atom stereocenters. The summed E-state index contributed by atoms with van der Waals surface area (Å²) in [5, 5.41) is 12.3. The minimum Gasteiger partial charge on any atom is -0.478 e. The van der Waals surface area contributed by atoms with Crippen LogP contribution in [0.3, 0.4) is 0 Å². The van der Waals surface area contributed by atoms with E-state index in [2.05, 4.69) is 47.9 Å². The fourth-order valence-corrected chi connectivity index (χ4v) is 4.69. The van der Waals surface area contributed by atoms with Gasteiger partial charge in [-0.1, -0.05) is 46.2 Å². The highest BCUT2D eigenvalue weighted by molar-refractivity contribution is 5.93. The molecule has 2 aromatic rings. The second-order valence-corrected chi connectivity index (χ2v) is 9.28. The molecular formula is C27H41N5O3. The summed E-state index contributed by atoms with van der Waals surface area (Å²) < 4.78 is 0. The van der Waals surface area contributed by atoms with Crippen LogP contribution in [0.2, 0.25) is 0 Å². The van der Waals surface area contributed by atoms with E-state index in [0.717, 1.165) is 51.1 Å². The van der Waals surface area contributed by atoms with Crippen LogP contribution in [-0.4, -0.2) is 64.6 Å². The van der Waals surface area contributed by atoms with Crippen molar-refractivity contribution in [2.75, 3.05) is 32.7 Å². The van der Waals surface area contributed by atoms with Crippen molar-refractivity contribution in [3.8, 4) is 0 Å². The van der Waals surface area contributed by atoms with E-state index < -0.39 is 17.3 Å². The minimum atomic E-state index is -1.05. The van der Waals surface area contributed by atoms with Gasteiger partial charge in [0.25, 0.3) is 0 Å². The lowest BCUT2D eigenvalue weighted by Gasteiger charge is -2.42. The maximum atomic E-state index is 11.7. The SMILES string of the molecule is CCCC(C)CN1CCC(c2cccc(C(N)=O)c2)(c2ncc(C(=O)O)cn2)CC1.CCNCC. The van der Waals surface area contributed by atoms with Crippen molar-refractivity contribution in [2.24, 2.45) is 11.7 Å². The summed E-state index contributed by atoms with van der Waals surface area (Å²) in [5.74, 6) is -0.284. The highest BCUT2D eigenvalue weighted by Crippen LogP contribution is 2.40. The predicted octanol–water partition coefficient (Wildman–Crippen LogP) is 3.71. The van der Waals surface area contributed by atoms with Crippen molar-refractivity contribution in [1.29, 1.82) is 0 Å². The predicted molar refractivity (Wildman–Crippen MR) is 139 cm³/mol. The Hall–Kier alpha value is -2.84. The van der Waals surface area contributed by atoms with Crippen molar-refractivity contribution in [3.63, 3.8) is 0 Å². The first kappa shape index (κ1) is 28.4. The highest BCUT2D eigenvalue weighted by Gasteiger charge is 2.40. The number of benzene rings is 1. The Kier molecular flexibility index (Phi) is 11.3. The van der Waals surface area contributed by atoms with Gasteiger partial charge in [0.1, 0.15) is 5.82 Å². The van der Waals surface area contributed by atoms with Crippen molar-refractivity contribution in [2.45, 2.75) is 58.8 Å². The van der Waals surface area contributed by atoms with E-state index in [4.69, 9.17) is 5.73 Å². The molecule has 1 aliphatic heterocycles. The van der Waals surface area contributed by atoms with E-state index in [1.165, 1.54) is 25.2 Å². The number of aromatic nitrogens is 2. The van der Waals surface area contributed by atoms with Gasteiger partial charge in [-0.15, -0.1) is 0 Å². The first-order valence-corrected chi connectivity index (χ1v) is 12.7. The van der Waals surface area contributed by atoms with Crippen LogP contribution in [0.5, 0.6) is 0 Å². The number of hydrogen-bond donors (Lipinski definition) is 3. The van der Waals surface area contributed by atoms with Crippen LogP contribution in [-0.2, 0) is 5.41 Å². The summed E-state index contributed by atoms with van der Waals surface area (Å²) in [7, 11) is 0. The van der Waals surface area contributed by atoms with Crippen LogP contribution < -0.4 is 11.1 Å². The molecule has 2 heterocycles. The molecule has 8 nitrogen and oxygen atoms in total. The summed E-state index contributed by atoms with van der Waals surface area (Å²) in [6, 6.07) is 7.34. The summed E-state index contributed by atoms with van der Waals surface area (Å²) in [4.78, 5) is 34.3. The maximum absolute atomic E-state index is 11.7. The number of amides is 1. The number of carboxylic acid groups (broad SMARTS) is 1. The van der Waals surface area contributed by atoms with Crippen LogP contribution in [0, 0.1) is 5.92 Å². The number of primary amides is 1. The van der Waals surface area contributed by atoms with Crippen LogP contribution in [0.1, 0.15) is 85.5 Å². The quantitative estimate of drug-likeness (QED) is 0.471. The van der Waals surface area contributed by atoms with Gasteiger partial charge in [0.2, 0.25) is 5.91 Å². The van der Waals surface area contributed by atoms with Crippen LogP contribution in [0.4, 0.5) is 0 Å². The maximum Gasteiger partial charge on any atom is 0.338 e. The topological polar surface area (TPSA) is 121 Å². The van der Waals surface area contributed by atoms with Gasteiger partial charge in [-0.05, 0) is 69.1 Å². The Morgan fingerprint density at radius 2 is 1.74 bits per heavy atom. The fourth-order valence-electron chi connectivity index (χ4n) is 4.69. The van der Waals surface area contributed by atoms with Gasteiger partial charge < -0.3 is 21.1 Å². The number of nitrogens with zero attached hydrogens (tertiary/aromatic N) is 3. The molecule has 8 heteroatoms. The lowest BCUT2D eigenvalue weighted by atomic mass is 9.71. The third kappa shape index (κ3) is 7.83. The smallest absolute Gasteiger partial charge is 0.338 e. The molecule has 1 aliphatic rings. The first-order valence-electron chi connectivity index (χ1n) is 12.7. The van der Waals surface area contributed by atoms with Crippen LogP contribution in [0.25, 0.3) is 0 Å². The molecule has 3 rings (SSSR count). The number of nitrogens with two attached hydrogens (primary N) is 1. The van der Waals surface area contributed by atoms with Gasteiger partial charge >= 0.3 is 5.97 Å². The van der Waals surface area contributed by atoms with Gasteiger partial charge in [0.15, 0.2) is 0 Å². The van der Waals surface area contributed by atoms with E-state index in [9.17, 15) is 14.7 Å². The number of carbonyl (C=O) groups is 2. The van der Waals surface area contributed by atoms with Crippen LogP contribution in [0.15, 0.2) is 36.7 Å². The number of aromatic carboxylic acids is 1. The monoisotopic (exact) mass is 483 g/mol. The molecule has 1 fully saturated rings. The Morgan fingerprint density at radius 3 is 2.23 bits per heavy atom. The summed E-state index contributed by atoms with van der Waals surface area (Å²) in [5.41, 5.74) is 6.49. The summed E-state index contributed by atoms with van der Waals surface area (Å²) in [6.45, 7) is 13.7. The lowest BCUT2D eigenvalue weighted by molar-refractivity contribution is 0.0695. The molecular weight excluding hydrogens is 442 g/mol. The molecule has 1 amide bonds. The molecule has 1 aromatic carbocycles. The molecule has 192 valence electrons.